The third-order valence-electron chi connectivity index (χ3n) is 3.54. The number of aromatic amines is 1. The second kappa shape index (κ2) is 6.31. The summed E-state index contributed by atoms with van der Waals surface area (Å²) in [6.45, 7) is 9.70. The van der Waals surface area contributed by atoms with Crippen LogP contribution in [-0.2, 0) is 0 Å². The highest BCUT2D eigenvalue weighted by molar-refractivity contribution is 5.93. The summed E-state index contributed by atoms with van der Waals surface area (Å²) in [5.41, 5.74) is 3.91. The fourth-order valence-electron chi connectivity index (χ4n) is 2.45. The summed E-state index contributed by atoms with van der Waals surface area (Å²) in [5.74, 6) is -0.285. The van der Waals surface area contributed by atoms with Gasteiger partial charge in [-0.2, -0.15) is 10.2 Å². The SMILES string of the molecule is Cc1nn(C(C)C)c(C)c1-c1cc(C(=O)N[C@@H](C)CO)[nH]n1. The van der Waals surface area contributed by atoms with Crippen LogP contribution in [0, 0.1) is 13.8 Å². The molecule has 0 saturated heterocycles. The van der Waals surface area contributed by atoms with Crippen molar-refractivity contribution in [2.75, 3.05) is 6.61 Å². The third kappa shape index (κ3) is 3.04. The zero-order valence-electron chi connectivity index (χ0n) is 13.6. The van der Waals surface area contributed by atoms with Crippen molar-refractivity contribution in [3.05, 3.63) is 23.1 Å². The Kier molecular flexibility index (Phi) is 4.65. The van der Waals surface area contributed by atoms with E-state index in [4.69, 9.17) is 5.11 Å². The fourth-order valence-corrected chi connectivity index (χ4v) is 2.45. The smallest absolute Gasteiger partial charge is 0.269 e. The number of amides is 1. The first-order valence-electron chi connectivity index (χ1n) is 7.38. The number of aliphatic hydroxyl groups is 1. The van der Waals surface area contributed by atoms with Gasteiger partial charge < -0.3 is 10.4 Å². The van der Waals surface area contributed by atoms with Gasteiger partial charge in [0, 0.05) is 23.3 Å². The summed E-state index contributed by atoms with van der Waals surface area (Å²) in [6.07, 6.45) is 0. The molecule has 0 aliphatic heterocycles. The standard InChI is InChI=1S/C15H23N5O2/c1-8(2)20-11(5)14(10(4)19-20)12-6-13(18-17-12)15(22)16-9(3)7-21/h6,8-9,21H,7H2,1-5H3,(H,16,22)(H,17,18)/t9-/m0/s1. The summed E-state index contributed by atoms with van der Waals surface area (Å²) in [6, 6.07) is 1.67. The number of aromatic nitrogens is 4. The number of hydrogen-bond donors (Lipinski definition) is 3. The molecule has 0 aromatic carbocycles. The molecular formula is C15H23N5O2. The van der Waals surface area contributed by atoms with E-state index < -0.39 is 0 Å². The molecule has 0 fully saturated rings. The Balaban J connectivity index is 2.31. The van der Waals surface area contributed by atoms with Crippen LogP contribution in [0.3, 0.4) is 0 Å². The van der Waals surface area contributed by atoms with E-state index in [2.05, 4.69) is 34.5 Å². The van der Waals surface area contributed by atoms with Crippen molar-refractivity contribution in [2.24, 2.45) is 0 Å². The Hall–Kier alpha value is -2.15. The van der Waals surface area contributed by atoms with Gasteiger partial charge in [0.05, 0.1) is 18.0 Å². The Morgan fingerprint density at radius 1 is 1.41 bits per heavy atom. The van der Waals surface area contributed by atoms with Crippen LogP contribution in [0.2, 0.25) is 0 Å². The highest BCUT2D eigenvalue weighted by atomic mass is 16.3. The highest BCUT2D eigenvalue weighted by Gasteiger charge is 2.19. The molecule has 2 heterocycles. The van der Waals surface area contributed by atoms with Crippen LogP contribution in [0.1, 0.15) is 48.7 Å². The Labute approximate surface area is 129 Å². The minimum absolute atomic E-state index is 0.105. The summed E-state index contributed by atoms with van der Waals surface area (Å²) in [7, 11) is 0. The third-order valence-corrected chi connectivity index (χ3v) is 3.54. The number of H-pyrrole nitrogens is 1. The number of nitrogens with zero attached hydrogens (tertiary/aromatic N) is 3. The molecule has 7 heteroatoms. The molecule has 22 heavy (non-hydrogen) atoms. The van der Waals surface area contributed by atoms with Gasteiger partial charge in [0.15, 0.2) is 0 Å². The Morgan fingerprint density at radius 2 is 2.09 bits per heavy atom. The van der Waals surface area contributed by atoms with Crippen LogP contribution in [0.5, 0.6) is 0 Å². The van der Waals surface area contributed by atoms with Crippen LogP contribution in [0.25, 0.3) is 11.3 Å². The monoisotopic (exact) mass is 305 g/mol. The predicted octanol–water partition coefficient (Wildman–Crippen LogP) is 1.58. The number of nitrogens with one attached hydrogen (secondary N) is 2. The molecule has 0 aliphatic carbocycles. The van der Waals surface area contributed by atoms with Crippen molar-refractivity contribution >= 4 is 5.91 Å². The van der Waals surface area contributed by atoms with Crippen LogP contribution in [0.4, 0.5) is 0 Å². The molecular weight excluding hydrogens is 282 g/mol. The maximum Gasteiger partial charge on any atom is 0.269 e. The maximum atomic E-state index is 12.0. The minimum atomic E-state index is -0.300. The summed E-state index contributed by atoms with van der Waals surface area (Å²) >= 11 is 0. The van der Waals surface area contributed by atoms with Crippen LogP contribution in [-0.4, -0.2) is 43.6 Å². The van der Waals surface area contributed by atoms with Crippen molar-refractivity contribution in [1.82, 2.24) is 25.3 Å². The van der Waals surface area contributed by atoms with Crippen molar-refractivity contribution < 1.29 is 9.90 Å². The van der Waals surface area contributed by atoms with E-state index >= 15 is 0 Å². The van der Waals surface area contributed by atoms with E-state index in [1.54, 1.807) is 13.0 Å². The summed E-state index contributed by atoms with van der Waals surface area (Å²) in [5, 5.41) is 23.2. The zero-order valence-corrected chi connectivity index (χ0v) is 13.6. The molecule has 1 atom stereocenters. The van der Waals surface area contributed by atoms with Gasteiger partial charge >= 0.3 is 0 Å². The lowest BCUT2D eigenvalue weighted by molar-refractivity contribution is 0.0917. The van der Waals surface area contributed by atoms with Crippen LogP contribution >= 0.6 is 0 Å². The van der Waals surface area contributed by atoms with Gasteiger partial charge in [0.1, 0.15) is 5.69 Å². The predicted molar refractivity (Wildman–Crippen MR) is 83.7 cm³/mol. The van der Waals surface area contributed by atoms with Crippen molar-refractivity contribution in [3.8, 4) is 11.3 Å². The van der Waals surface area contributed by atoms with E-state index in [1.807, 2.05) is 18.5 Å². The molecule has 7 nitrogen and oxygen atoms in total. The average molecular weight is 305 g/mol. The maximum absolute atomic E-state index is 12.0. The lowest BCUT2D eigenvalue weighted by Gasteiger charge is -2.08. The Bertz CT molecular complexity index is 672. The molecule has 2 rings (SSSR count). The quantitative estimate of drug-likeness (QED) is 0.781. The molecule has 0 unspecified atom stereocenters. The molecule has 0 saturated carbocycles. The number of aliphatic hydroxyl groups excluding tert-OH is 1. The van der Waals surface area contributed by atoms with Gasteiger partial charge in [0.25, 0.3) is 5.91 Å². The number of carbonyl (C=O) groups is 1. The van der Waals surface area contributed by atoms with E-state index in [9.17, 15) is 4.79 Å². The lowest BCUT2D eigenvalue weighted by Crippen LogP contribution is -2.35. The van der Waals surface area contributed by atoms with Crippen molar-refractivity contribution in [3.63, 3.8) is 0 Å². The van der Waals surface area contributed by atoms with Gasteiger partial charge in [0.2, 0.25) is 0 Å². The van der Waals surface area contributed by atoms with Gasteiger partial charge in [-0.15, -0.1) is 0 Å². The Morgan fingerprint density at radius 3 is 2.64 bits per heavy atom. The molecule has 0 spiro atoms. The second-order valence-electron chi connectivity index (χ2n) is 5.81. The second-order valence-corrected chi connectivity index (χ2v) is 5.81. The minimum Gasteiger partial charge on any atom is -0.394 e. The topological polar surface area (TPSA) is 95.8 Å². The molecule has 0 aliphatic rings. The molecule has 3 N–H and O–H groups in total. The number of rotatable bonds is 5. The van der Waals surface area contributed by atoms with Gasteiger partial charge in [-0.1, -0.05) is 0 Å². The zero-order chi connectivity index (χ0) is 16.4. The van der Waals surface area contributed by atoms with E-state index in [0.29, 0.717) is 11.4 Å². The molecule has 0 radical (unpaired) electrons. The lowest BCUT2D eigenvalue weighted by atomic mass is 10.1. The average Bonchev–Trinajstić information content (AvgIpc) is 3.03. The van der Waals surface area contributed by atoms with Crippen molar-refractivity contribution in [2.45, 2.75) is 46.7 Å². The molecule has 1 amide bonds. The van der Waals surface area contributed by atoms with E-state index in [0.717, 1.165) is 17.0 Å². The van der Waals surface area contributed by atoms with Gasteiger partial charge in [-0.25, -0.2) is 0 Å². The summed E-state index contributed by atoms with van der Waals surface area (Å²) in [4.78, 5) is 12.0. The van der Waals surface area contributed by atoms with Crippen molar-refractivity contribution in [1.29, 1.82) is 0 Å². The van der Waals surface area contributed by atoms with E-state index in [-0.39, 0.29) is 24.6 Å². The molecule has 0 bridgehead atoms. The fraction of sp³-hybridized carbons (Fsp3) is 0.533. The largest absolute Gasteiger partial charge is 0.394 e. The van der Waals surface area contributed by atoms with Crippen LogP contribution in [0.15, 0.2) is 6.07 Å². The number of hydrogen-bond acceptors (Lipinski definition) is 4. The van der Waals surface area contributed by atoms with Crippen LogP contribution < -0.4 is 5.32 Å². The molecule has 120 valence electrons. The first-order valence-corrected chi connectivity index (χ1v) is 7.38. The van der Waals surface area contributed by atoms with Gasteiger partial charge in [-0.05, 0) is 40.7 Å². The number of carbonyl (C=O) groups excluding carboxylic acids is 1. The number of aryl methyl sites for hydroxylation is 1. The molecule has 2 aromatic rings. The molecule has 2 aromatic heterocycles. The first-order chi connectivity index (χ1) is 10.3. The van der Waals surface area contributed by atoms with E-state index in [1.165, 1.54) is 0 Å². The van der Waals surface area contributed by atoms with Gasteiger partial charge in [-0.3, -0.25) is 14.6 Å². The first kappa shape index (κ1) is 16.2. The highest BCUT2D eigenvalue weighted by Crippen LogP contribution is 2.27. The normalized spacial score (nSPS) is 12.7. The summed E-state index contributed by atoms with van der Waals surface area (Å²) < 4.78 is 1.95.